The van der Waals surface area contributed by atoms with E-state index >= 15 is 0 Å². The fourth-order valence-corrected chi connectivity index (χ4v) is 2.75. The Morgan fingerprint density at radius 3 is 2.87 bits per heavy atom. The Kier molecular flexibility index (Phi) is 6.69. The van der Waals surface area contributed by atoms with Gasteiger partial charge in [-0.25, -0.2) is 0 Å². The topological polar surface area (TPSA) is 23.5 Å². The third-order valence-electron chi connectivity index (χ3n) is 3.49. The van der Waals surface area contributed by atoms with Gasteiger partial charge in [-0.3, -0.25) is 4.90 Å². The van der Waals surface area contributed by atoms with Gasteiger partial charge in [-0.05, 0) is 50.4 Å². The highest BCUT2D eigenvalue weighted by atomic mass is 32.1. The van der Waals surface area contributed by atoms with E-state index in [9.17, 15) is 5.11 Å². The molecule has 1 N–H and O–H groups in total. The predicted molar refractivity (Wildman–Crippen MR) is 68.5 cm³/mol. The molecule has 2 nitrogen and oxygen atoms in total. The summed E-state index contributed by atoms with van der Waals surface area (Å²) in [5.74, 6) is 1.76. The van der Waals surface area contributed by atoms with Crippen LogP contribution in [0.5, 0.6) is 0 Å². The first-order valence-corrected chi connectivity index (χ1v) is 6.87. The molecule has 0 saturated carbocycles. The van der Waals surface area contributed by atoms with Gasteiger partial charge in [0.05, 0.1) is 6.61 Å². The summed E-state index contributed by atoms with van der Waals surface area (Å²) in [6, 6.07) is 0.432. The Bertz CT molecular complexity index is 166. The SMILES string of the molecule is CC(CCS)CCN1CCCCC1CO. The van der Waals surface area contributed by atoms with E-state index in [1.54, 1.807) is 0 Å². The summed E-state index contributed by atoms with van der Waals surface area (Å²) in [7, 11) is 0. The first-order valence-electron chi connectivity index (χ1n) is 6.23. The molecule has 3 heteroatoms. The van der Waals surface area contributed by atoms with E-state index in [2.05, 4.69) is 24.5 Å². The van der Waals surface area contributed by atoms with Gasteiger partial charge in [-0.15, -0.1) is 0 Å². The van der Waals surface area contributed by atoms with Crippen molar-refractivity contribution in [3.8, 4) is 0 Å². The van der Waals surface area contributed by atoms with E-state index in [4.69, 9.17) is 0 Å². The number of likely N-dealkylation sites (tertiary alicyclic amines) is 1. The van der Waals surface area contributed by atoms with E-state index in [-0.39, 0.29) is 0 Å². The van der Waals surface area contributed by atoms with Crippen LogP contribution in [-0.2, 0) is 0 Å². The summed E-state index contributed by atoms with van der Waals surface area (Å²) >= 11 is 4.26. The van der Waals surface area contributed by atoms with E-state index in [1.807, 2.05) is 0 Å². The quantitative estimate of drug-likeness (QED) is 0.685. The summed E-state index contributed by atoms with van der Waals surface area (Å²) in [5.41, 5.74) is 0. The summed E-state index contributed by atoms with van der Waals surface area (Å²) < 4.78 is 0. The standard InChI is InChI=1S/C12H25NOS/c1-11(6-9-15)5-8-13-7-3-2-4-12(13)10-14/h11-12,14-15H,2-10H2,1H3. The van der Waals surface area contributed by atoms with Crippen molar-refractivity contribution in [1.82, 2.24) is 4.90 Å². The molecule has 0 amide bonds. The molecule has 0 aliphatic carbocycles. The van der Waals surface area contributed by atoms with Crippen LogP contribution in [0.25, 0.3) is 0 Å². The molecular formula is C12H25NOS. The van der Waals surface area contributed by atoms with E-state index in [0.29, 0.717) is 12.6 Å². The van der Waals surface area contributed by atoms with Crippen LogP contribution in [0.15, 0.2) is 0 Å². The molecule has 2 atom stereocenters. The van der Waals surface area contributed by atoms with Gasteiger partial charge in [0.1, 0.15) is 0 Å². The van der Waals surface area contributed by atoms with Gasteiger partial charge >= 0.3 is 0 Å². The Morgan fingerprint density at radius 1 is 1.40 bits per heavy atom. The number of hydrogen-bond donors (Lipinski definition) is 2. The maximum absolute atomic E-state index is 9.28. The number of aliphatic hydroxyl groups is 1. The molecule has 0 aromatic heterocycles. The van der Waals surface area contributed by atoms with Crippen LogP contribution in [0, 0.1) is 5.92 Å². The highest BCUT2D eigenvalue weighted by Crippen LogP contribution is 2.18. The fraction of sp³-hybridized carbons (Fsp3) is 1.00. The van der Waals surface area contributed by atoms with Gasteiger partial charge in [0, 0.05) is 6.04 Å². The van der Waals surface area contributed by atoms with Crippen molar-refractivity contribution < 1.29 is 5.11 Å². The van der Waals surface area contributed by atoms with Crippen LogP contribution in [0.2, 0.25) is 0 Å². The van der Waals surface area contributed by atoms with E-state index < -0.39 is 0 Å². The minimum absolute atomic E-state index is 0.334. The van der Waals surface area contributed by atoms with Crippen LogP contribution >= 0.6 is 12.6 Å². The lowest BCUT2D eigenvalue weighted by Crippen LogP contribution is -2.42. The van der Waals surface area contributed by atoms with E-state index in [1.165, 1.54) is 38.6 Å². The highest BCUT2D eigenvalue weighted by molar-refractivity contribution is 7.80. The molecule has 0 aromatic rings. The molecule has 1 rings (SSSR count). The maximum Gasteiger partial charge on any atom is 0.0586 e. The lowest BCUT2D eigenvalue weighted by molar-refractivity contribution is 0.0854. The number of piperidine rings is 1. The smallest absolute Gasteiger partial charge is 0.0586 e. The fourth-order valence-electron chi connectivity index (χ4n) is 2.31. The Morgan fingerprint density at radius 2 is 2.20 bits per heavy atom. The monoisotopic (exact) mass is 231 g/mol. The molecule has 0 spiro atoms. The van der Waals surface area contributed by atoms with Crippen LogP contribution in [-0.4, -0.2) is 41.5 Å². The molecule has 0 radical (unpaired) electrons. The zero-order valence-corrected chi connectivity index (χ0v) is 10.8. The zero-order chi connectivity index (χ0) is 11.1. The Balaban J connectivity index is 2.22. The molecule has 1 aliphatic rings. The number of aliphatic hydroxyl groups excluding tert-OH is 1. The van der Waals surface area contributed by atoms with Crippen molar-refractivity contribution in [2.45, 2.75) is 45.1 Å². The molecule has 1 aliphatic heterocycles. The second-order valence-corrected chi connectivity index (χ2v) is 5.22. The van der Waals surface area contributed by atoms with Gasteiger partial charge in [0.2, 0.25) is 0 Å². The molecular weight excluding hydrogens is 206 g/mol. The molecule has 0 bridgehead atoms. The van der Waals surface area contributed by atoms with Crippen molar-refractivity contribution in [2.24, 2.45) is 5.92 Å². The molecule has 1 fully saturated rings. The van der Waals surface area contributed by atoms with Gasteiger partial charge in [-0.1, -0.05) is 13.3 Å². The van der Waals surface area contributed by atoms with E-state index in [0.717, 1.165) is 18.2 Å². The second-order valence-electron chi connectivity index (χ2n) is 4.77. The Hall–Kier alpha value is 0.270. The number of hydrogen-bond acceptors (Lipinski definition) is 3. The molecule has 1 saturated heterocycles. The van der Waals surface area contributed by atoms with Crippen LogP contribution in [0.4, 0.5) is 0 Å². The third kappa shape index (κ3) is 4.75. The number of rotatable bonds is 6. The van der Waals surface area contributed by atoms with Crippen molar-refractivity contribution in [3.63, 3.8) is 0 Å². The molecule has 1 heterocycles. The third-order valence-corrected chi connectivity index (χ3v) is 3.75. The lowest BCUT2D eigenvalue weighted by atomic mass is 10.00. The largest absolute Gasteiger partial charge is 0.395 e. The normalized spacial score (nSPS) is 25.4. The highest BCUT2D eigenvalue weighted by Gasteiger charge is 2.21. The number of thiol groups is 1. The molecule has 90 valence electrons. The van der Waals surface area contributed by atoms with Crippen LogP contribution in [0.1, 0.15) is 39.0 Å². The van der Waals surface area contributed by atoms with Crippen molar-refractivity contribution in [1.29, 1.82) is 0 Å². The summed E-state index contributed by atoms with van der Waals surface area (Å²) in [6.07, 6.45) is 6.22. The van der Waals surface area contributed by atoms with Crippen molar-refractivity contribution >= 4 is 12.6 Å². The molecule has 2 unspecified atom stereocenters. The first-order chi connectivity index (χ1) is 7.27. The minimum atomic E-state index is 0.334. The zero-order valence-electron chi connectivity index (χ0n) is 9.86. The molecule has 15 heavy (non-hydrogen) atoms. The maximum atomic E-state index is 9.28. The van der Waals surface area contributed by atoms with Crippen molar-refractivity contribution in [2.75, 3.05) is 25.4 Å². The predicted octanol–water partition coefficient (Wildman–Crippen LogP) is 2.18. The van der Waals surface area contributed by atoms with Crippen LogP contribution < -0.4 is 0 Å². The summed E-state index contributed by atoms with van der Waals surface area (Å²) in [5, 5.41) is 9.28. The van der Waals surface area contributed by atoms with Crippen molar-refractivity contribution in [3.05, 3.63) is 0 Å². The van der Waals surface area contributed by atoms with Gasteiger partial charge in [-0.2, -0.15) is 12.6 Å². The average molecular weight is 231 g/mol. The first kappa shape index (κ1) is 13.3. The molecule has 0 aromatic carbocycles. The van der Waals surface area contributed by atoms with Gasteiger partial charge in [0.25, 0.3) is 0 Å². The second kappa shape index (κ2) is 7.53. The van der Waals surface area contributed by atoms with Crippen LogP contribution in [0.3, 0.4) is 0 Å². The number of nitrogens with zero attached hydrogens (tertiary/aromatic N) is 1. The summed E-state index contributed by atoms with van der Waals surface area (Å²) in [4.78, 5) is 2.47. The minimum Gasteiger partial charge on any atom is -0.395 e. The Labute approximate surface area is 99.5 Å². The van der Waals surface area contributed by atoms with Gasteiger partial charge < -0.3 is 5.11 Å². The lowest BCUT2D eigenvalue weighted by Gasteiger charge is -2.35. The summed E-state index contributed by atoms with van der Waals surface area (Å²) in [6.45, 7) is 4.97. The van der Waals surface area contributed by atoms with Gasteiger partial charge in [0.15, 0.2) is 0 Å². The average Bonchev–Trinajstić information content (AvgIpc) is 2.27.